The highest BCUT2D eigenvalue weighted by atomic mass is 35.5. The summed E-state index contributed by atoms with van der Waals surface area (Å²) in [5.41, 5.74) is 0.519. The Morgan fingerprint density at radius 2 is 1.71 bits per heavy atom. The van der Waals surface area contributed by atoms with Crippen LogP contribution in [-0.2, 0) is 25.8 Å². The molecule has 2 N–H and O–H groups in total. The minimum absolute atomic E-state index is 0.0639. The van der Waals surface area contributed by atoms with Crippen LogP contribution in [0.5, 0.6) is 0 Å². The number of carboxylic acids is 1. The first-order chi connectivity index (χ1) is 11.0. The predicted molar refractivity (Wildman–Crippen MR) is 93.2 cm³/mol. The van der Waals surface area contributed by atoms with E-state index in [0.29, 0.717) is 15.6 Å². The number of benzene rings is 1. The highest BCUT2D eigenvalue weighted by Gasteiger charge is 2.24. The number of halogens is 2. The number of nitrogens with one attached hydrogen (secondary N) is 1. The molecule has 0 aliphatic rings. The largest absolute Gasteiger partial charge is 0.480 e. The van der Waals surface area contributed by atoms with Crippen LogP contribution in [0.1, 0.15) is 19.4 Å². The first-order valence-electron chi connectivity index (χ1n) is 7.16. The molecule has 134 valence electrons. The van der Waals surface area contributed by atoms with Crippen LogP contribution in [0.15, 0.2) is 18.2 Å². The molecule has 1 atom stereocenters. The summed E-state index contributed by atoms with van der Waals surface area (Å²) >= 11 is 11.7. The molecule has 0 saturated heterocycles. The third-order valence-electron chi connectivity index (χ3n) is 2.93. The molecule has 1 amide bonds. The Morgan fingerprint density at radius 1 is 1.17 bits per heavy atom. The van der Waals surface area contributed by atoms with Crippen LogP contribution in [0.2, 0.25) is 10.0 Å². The van der Waals surface area contributed by atoms with Gasteiger partial charge < -0.3 is 10.4 Å². The van der Waals surface area contributed by atoms with Gasteiger partial charge in [-0.2, -0.15) is 0 Å². The number of rotatable bonds is 8. The van der Waals surface area contributed by atoms with E-state index in [1.807, 2.05) is 0 Å². The fourth-order valence-corrected chi connectivity index (χ4v) is 4.35. The van der Waals surface area contributed by atoms with Crippen molar-refractivity contribution in [2.24, 2.45) is 5.92 Å². The zero-order valence-corrected chi connectivity index (χ0v) is 15.6. The highest BCUT2D eigenvalue weighted by Crippen LogP contribution is 2.20. The van der Waals surface area contributed by atoms with Crippen LogP contribution in [0.3, 0.4) is 0 Å². The maximum Gasteiger partial charge on any atom is 0.326 e. The maximum absolute atomic E-state index is 11.9. The second-order valence-corrected chi connectivity index (χ2v) is 8.87. The lowest BCUT2D eigenvalue weighted by molar-refractivity contribution is -0.141. The number of carboxylic acid groups (broad SMARTS) is 1. The number of carbonyl (C=O) groups is 2. The number of carbonyl (C=O) groups excluding carboxylic acids is 1. The molecule has 0 aliphatic heterocycles. The predicted octanol–water partition coefficient (Wildman–Crippen LogP) is 2.18. The van der Waals surface area contributed by atoms with Crippen molar-refractivity contribution < 1.29 is 23.1 Å². The molecule has 0 bridgehead atoms. The Kier molecular flexibility index (Phi) is 7.51. The molecule has 0 radical (unpaired) electrons. The van der Waals surface area contributed by atoms with Crippen molar-refractivity contribution in [3.05, 3.63) is 33.8 Å². The monoisotopic (exact) mass is 395 g/mol. The van der Waals surface area contributed by atoms with Gasteiger partial charge >= 0.3 is 5.97 Å². The Labute approximate surface area is 151 Å². The molecule has 1 aromatic rings. The summed E-state index contributed by atoms with van der Waals surface area (Å²) in [4.78, 5) is 23.2. The summed E-state index contributed by atoms with van der Waals surface area (Å²) in [5, 5.41) is 12.1. The van der Waals surface area contributed by atoms with Crippen molar-refractivity contribution in [2.45, 2.75) is 26.3 Å². The molecule has 0 aromatic heterocycles. The Hall–Kier alpha value is -1.31. The Morgan fingerprint density at radius 3 is 2.17 bits per heavy atom. The molecule has 0 spiro atoms. The quantitative estimate of drug-likeness (QED) is 0.702. The number of hydrogen-bond donors (Lipinski definition) is 2. The van der Waals surface area contributed by atoms with Crippen molar-refractivity contribution in [1.82, 2.24) is 5.32 Å². The molecule has 0 heterocycles. The average molecular weight is 396 g/mol. The van der Waals surface area contributed by atoms with Crippen LogP contribution in [0.4, 0.5) is 0 Å². The van der Waals surface area contributed by atoms with Gasteiger partial charge in [0.05, 0.1) is 5.75 Å². The second-order valence-electron chi connectivity index (χ2n) is 5.89. The molecule has 6 nitrogen and oxygen atoms in total. The SMILES string of the molecule is CC(C)CS(=O)(=O)CC(=O)NC(Cc1cc(Cl)cc(Cl)c1)C(=O)O. The summed E-state index contributed by atoms with van der Waals surface area (Å²) < 4.78 is 23.6. The van der Waals surface area contributed by atoms with Gasteiger partial charge in [0.1, 0.15) is 11.8 Å². The van der Waals surface area contributed by atoms with Crippen LogP contribution < -0.4 is 5.32 Å². The third-order valence-corrected chi connectivity index (χ3v) is 5.25. The first-order valence-corrected chi connectivity index (χ1v) is 9.74. The van der Waals surface area contributed by atoms with Gasteiger partial charge in [0.25, 0.3) is 0 Å². The number of aliphatic carboxylic acids is 1. The zero-order valence-electron chi connectivity index (χ0n) is 13.3. The summed E-state index contributed by atoms with van der Waals surface area (Å²) in [7, 11) is -3.58. The van der Waals surface area contributed by atoms with E-state index in [0.717, 1.165) is 0 Å². The van der Waals surface area contributed by atoms with Crippen LogP contribution in [-0.4, -0.2) is 42.9 Å². The molecule has 0 aliphatic carbocycles. The Bertz CT molecular complexity index is 698. The highest BCUT2D eigenvalue weighted by molar-refractivity contribution is 7.92. The van der Waals surface area contributed by atoms with E-state index in [1.165, 1.54) is 18.2 Å². The van der Waals surface area contributed by atoms with Gasteiger partial charge in [0.15, 0.2) is 9.84 Å². The van der Waals surface area contributed by atoms with Crippen molar-refractivity contribution in [3.8, 4) is 0 Å². The molecule has 1 aromatic carbocycles. The Balaban J connectivity index is 2.79. The lowest BCUT2D eigenvalue weighted by Crippen LogP contribution is -2.45. The topological polar surface area (TPSA) is 101 Å². The minimum Gasteiger partial charge on any atom is -0.480 e. The molecule has 24 heavy (non-hydrogen) atoms. The minimum atomic E-state index is -3.58. The normalized spacial score (nSPS) is 12.9. The summed E-state index contributed by atoms with van der Waals surface area (Å²) in [6, 6.07) is 3.29. The van der Waals surface area contributed by atoms with Gasteiger partial charge in [-0.25, -0.2) is 13.2 Å². The number of sulfone groups is 1. The first kappa shape index (κ1) is 20.7. The van der Waals surface area contributed by atoms with Gasteiger partial charge in [-0.3, -0.25) is 4.79 Å². The molecule has 0 saturated carbocycles. The van der Waals surface area contributed by atoms with E-state index in [-0.39, 0.29) is 18.1 Å². The number of hydrogen-bond acceptors (Lipinski definition) is 4. The zero-order chi connectivity index (χ0) is 18.5. The lowest BCUT2D eigenvalue weighted by atomic mass is 10.1. The molecular formula is C15H19Cl2NO5S. The molecule has 1 rings (SSSR count). The van der Waals surface area contributed by atoms with Crippen molar-refractivity contribution in [2.75, 3.05) is 11.5 Å². The van der Waals surface area contributed by atoms with E-state index in [2.05, 4.69) is 5.32 Å². The van der Waals surface area contributed by atoms with Crippen LogP contribution >= 0.6 is 23.2 Å². The standard InChI is InChI=1S/C15H19Cl2NO5S/c1-9(2)7-24(22,23)8-14(19)18-13(15(20)21)5-10-3-11(16)6-12(17)4-10/h3-4,6,9,13H,5,7-8H2,1-2H3,(H,18,19)(H,20,21). The molecule has 9 heteroatoms. The van der Waals surface area contributed by atoms with E-state index >= 15 is 0 Å². The number of amides is 1. The summed E-state index contributed by atoms with van der Waals surface area (Å²) in [5.74, 6) is -3.13. The van der Waals surface area contributed by atoms with Gasteiger partial charge in [0.2, 0.25) is 5.91 Å². The van der Waals surface area contributed by atoms with Crippen LogP contribution in [0, 0.1) is 5.92 Å². The second kappa shape index (κ2) is 8.69. The van der Waals surface area contributed by atoms with E-state index in [4.69, 9.17) is 23.2 Å². The summed E-state index contributed by atoms with van der Waals surface area (Å²) in [6.45, 7) is 3.44. The van der Waals surface area contributed by atoms with Crippen molar-refractivity contribution >= 4 is 44.9 Å². The molecule has 1 unspecified atom stereocenters. The van der Waals surface area contributed by atoms with Gasteiger partial charge in [-0.1, -0.05) is 37.0 Å². The average Bonchev–Trinajstić information content (AvgIpc) is 2.33. The molecular weight excluding hydrogens is 377 g/mol. The van der Waals surface area contributed by atoms with Crippen LogP contribution in [0.25, 0.3) is 0 Å². The maximum atomic E-state index is 11.9. The lowest BCUT2D eigenvalue weighted by Gasteiger charge is -2.15. The summed E-state index contributed by atoms with van der Waals surface area (Å²) in [6.07, 6.45) is -0.0639. The van der Waals surface area contributed by atoms with E-state index < -0.39 is 33.5 Å². The van der Waals surface area contributed by atoms with Crippen molar-refractivity contribution in [1.29, 1.82) is 0 Å². The fraction of sp³-hybridized carbons (Fsp3) is 0.467. The van der Waals surface area contributed by atoms with Gasteiger partial charge in [-0.15, -0.1) is 0 Å². The van der Waals surface area contributed by atoms with E-state index in [1.54, 1.807) is 13.8 Å². The third kappa shape index (κ3) is 7.51. The van der Waals surface area contributed by atoms with Gasteiger partial charge in [-0.05, 0) is 29.7 Å². The van der Waals surface area contributed by atoms with Crippen molar-refractivity contribution in [3.63, 3.8) is 0 Å². The molecule has 0 fully saturated rings. The smallest absolute Gasteiger partial charge is 0.326 e. The van der Waals surface area contributed by atoms with E-state index in [9.17, 15) is 23.1 Å². The van der Waals surface area contributed by atoms with Gasteiger partial charge in [0, 0.05) is 16.5 Å². The fourth-order valence-electron chi connectivity index (χ4n) is 2.17.